The molecule has 1 amide bonds. The second kappa shape index (κ2) is 5.17. The Hall–Kier alpha value is -3.28. The average molecular weight is 303 g/mol. The molecular formula is C17H13N5O. The summed E-state index contributed by atoms with van der Waals surface area (Å²) in [7, 11) is 1.83. The smallest absolute Gasteiger partial charge is 0.255 e. The lowest BCUT2D eigenvalue weighted by Gasteiger charge is -2.06. The van der Waals surface area contributed by atoms with E-state index in [0.29, 0.717) is 11.3 Å². The van der Waals surface area contributed by atoms with E-state index in [0.717, 1.165) is 21.9 Å². The van der Waals surface area contributed by atoms with Crippen molar-refractivity contribution in [3.05, 3.63) is 60.3 Å². The number of aryl methyl sites for hydroxylation is 1. The van der Waals surface area contributed by atoms with Gasteiger partial charge in [-0.15, -0.1) is 5.10 Å². The molecule has 23 heavy (non-hydrogen) atoms. The van der Waals surface area contributed by atoms with Gasteiger partial charge in [0.25, 0.3) is 5.91 Å². The summed E-state index contributed by atoms with van der Waals surface area (Å²) >= 11 is 0. The number of rotatable bonds is 2. The first kappa shape index (κ1) is 13.4. The molecule has 2 aromatic carbocycles. The van der Waals surface area contributed by atoms with Crippen LogP contribution in [-0.4, -0.2) is 25.9 Å². The molecule has 0 saturated heterocycles. The van der Waals surface area contributed by atoms with Crippen molar-refractivity contribution in [3.8, 4) is 0 Å². The van der Waals surface area contributed by atoms with E-state index in [4.69, 9.17) is 0 Å². The number of nitrogens with zero attached hydrogens (tertiary/aromatic N) is 4. The second-order valence-corrected chi connectivity index (χ2v) is 5.28. The normalized spacial score (nSPS) is 11.0. The summed E-state index contributed by atoms with van der Waals surface area (Å²) in [4.78, 5) is 16.7. The van der Waals surface area contributed by atoms with Crippen molar-refractivity contribution in [2.45, 2.75) is 0 Å². The van der Waals surface area contributed by atoms with Crippen LogP contribution in [0.2, 0.25) is 0 Å². The Kier molecular flexibility index (Phi) is 3.01. The van der Waals surface area contributed by atoms with Crippen molar-refractivity contribution < 1.29 is 4.79 Å². The van der Waals surface area contributed by atoms with Gasteiger partial charge in [0.05, 0.1) is 11.0 Å². The first-order valence-corrected chi connectivity index (χ1v) is 7.16. The topological polar surface area (TPSA) is 72.7 Å². The molecule has 2 heterocycles. The van der Waals surface area contributed by atoms with E-state index in [-0.39, 0.29) is 5.91 Å². The van der Waals surface area contributed by atoms with Crippen molar-refractivity contribution in [2.24, 2.45) is 7.05 Å². The number of pyridine rings is 1. The fraction of sp³-hybridized carbons (Fsp3) is 0.0588. The molecule has 0 fully saturated rings. The number of benzene rings is 2. The molecule has 0 atom stereocenters. The average Bonchev–Trinajstić information content (AvgIpc) is 2.95. The largest absolute Gasteiger partial charge is 0.322 e. The van der Waals surface area contributed by atoms with E-state index in [2.05, 4.69) is 20.6 Å². The minimum Gasteiger partial charge on any atom is -0.322 e. The number of amides is 1. The van der Waals surface area contributed by atoms with E-state index in [1.54, 1.807) is 16.9 Å². The van der Waals surface area contributed by atoms with Crippen LogP contribution in [0.1, 0.15) is 10.4 Å². The molecule has 0 unspecified atom stereocenters. The number of hydrogen-bond acceptors (Lipinski definition) is 4. The van der Waals surface area contributed by atoms with Crippen LogP contribution in [0.5, 0.6) is 0 Å². The fourth-order valence-electron chi connectivity index (χ4n) is 2.54. The Morgan fingerprint density at radius 3 is 2.91 bits per heavy atom. The summed E-state index contributed by atoms with van der Waals surface area (Å²) in [6.45, 7) is 0. The van der Waals surface area contributed by atoms with Gasteiger partial charge >= 0.3 is 0 Å². The molecule has 4 rings (SSSR count). The van der Waals surface area contributed by atoms with Gasteiger partial charge in [-0.2, -0.15) is 0 Å². The molecule has 0 saturated carbocycles. The highest BCUT2D eigenvalue weighted by molar-refractivity contribution is 6.06. The molecule has 0 radical (unpaired) electrons. The summed E-state index contributed by atoms with van der Waals surface area (Å²) in [5.74, 6) is -0.168. The van der Waals surface area contributed by atoms with Gasteiger partial charge in [-0.25, -0.2) is 4.68 Å². The molecule has 0 spiro atoms. The molecule has 112 valence electrons. The molecule has 4 aromatic rings. The zero-order valence-electron chi connectivity index (χ0n) is 12.4. The maximum Gasteiger partial charge on any atom is 0.255 e. The van der Waals surface area contributed by atoms with Gasteiger partial charge in [-0.05, 0) is 42.5 Å². The van der Waals surface area contributed by atoms with Gasteiger partial charge in [-0.3, -0.25) is 9.78 Å². The van der Waals surface area contributed by atoms with Crippen LogP contribution in [0.15, 0.2) is 54.7 Å². The summed E-state index contributed by atoms with van der Waals surface area (Å²) in [6.07, 6.45) is 1.73. The quantitative estimate of drug-likeness (QED) is 0.618. The van der Waals surface area contributed by atoms with Crippen LogP contribution in [-0.2, 0) is 7.05 Å². The lowest BCUT2D eigenvalue weighted by Crippen LogP contribution is -2.11. The lowest BCUT2D eigenvalue weighted by atomic mass is 10.1. The third-order valence-electron chi connectivity index (χ3n) is 3.73. The standard InChI is InChI=1S/C17H13N5O/c1-22-16-7-5-13(10-15(16)20-21-22)19-17(23)12-4-6-14-11(9-12)3-2-8-18-14/h2-10H,1H3,(H,19,23). The summed E-state index contributed by atoms with van der Waals surface area (Å²) in [5, 5.41) is 11.8. The van der Waals surface area contributed by atoms with Gasteiger partial charge < -0.3 is 5.32 Å². The van der Waals surface area contributed by atoms with E-state index in [1.807, 2.05) is 49.5 Å². The number of carbonyl (C=O) groups is 1. The van der Waals surface area contributed by atoms with Gasteiger partial charge in [0.1, 0.15) is 5.52 Å². The molecule has 2 aromatic heterocycles. The van der Waals surface area contributed by atoms with Gasteiger partial charge in [0.15, 0.2) is 0 Å². The van der Waals surface area contributed by atoms with Crippen molar-refractivity contribution in [3.63, 3.8) is 0 Å². The summed E-state index contributed by atoms with van der Waals surface area (Å²) < 4.78 is 1.69. The fourth-order valence-corrected chi connectivity index (χ4v) is 2.54. The Morgan fingerprint density at radius 1 is 1.09 bits per heavy atom. The van der Waals surface area contributed by atoms with E-state index >= 15 is 0 Å². The third kappa shape index (κ3) is 2.40. The summed E-state index contributed by atoms with van der Waals surface area (Å²) in [6, 6.07) is 14.8. The SMILES string of the molecule is Cn1nnc2cc(NC(=O)c3ccc4ncccc4c3)ccc21. The molecular weight excluding hydrogens is 290 g/mol. The highest BCUT2D eigenvalue weighted by Gasteiger charge is 2.09. The maximum atomic E-state index is 12.4. The third-order valence-corrected chi connectivity index (χ3v) is 3.73. The van der Waals surface area contributed by atoms with Crippen molar-refractivity contribution in [1.82, 2.24) is 20.0 Å². The highest BCUT2D eigenvalue weighted by Crippen LogP contribution is 2.18. The molecule has 1 N–H and O–H groups in total. The number of aromatic nitrogens is 4. The van der Waals surface area contributed by atoms with Crippen LogP contribution < -0.4 is 5.32 Å². The highest BCUT2D eigenvalue weighted by atomic mass is 16.1. The molecule has 0 aliphatic heterocycles. The van der Waals surface area contributed by atoms with E-state index in [1.165, 1.54) is 0 Å². The lowest BCUT2D eigenvalue weighted by molar-refractivity contribution is 0.102. The maximum absolute atomic E-state index is 12.4. The van der Waals surface area contributed by atoms with E-state index < -0.39 is 0 Å². The van der Waals surface area contributed by atoms with Crippen LogP contribution in [0.25, 0.3) is 21.9 Å². The molecule has 6 heteroatoms. The number of anilines is 1. The number of fused-ring (bicyclic) bond motifs is 2. The predicted molar refractivity (Wildman–Crippen MR) is 88.2 cm³/mol. The van der Waals surface area contributed by atoms with Crippen molar-refractivity contribution >= 4 is 33.5 Å². The Balaban J connectivity index is 1.64. The van der Waals surface area contributed by atoms with Crippen LogP contribution in [0.4, 0.5) is 5.69 Å². The van der Waals surface area contributed by atoms with Gasteiger partial charge in [0.2, 0.25) is 0 Å². The molecule has 0 aliphatic rings. The summed E-state index contributed by atoms with van der Waals surface area (Å²) in [5.41, 5.74) is 3.80. The first-order valence-electron chi connectivity index (χ1n) is 7.16. The Morgan fingerprint density at radius 2 is 2.00 bits per heavy atom. The zero-order chi connectivity index (χ0) is 15.8. The zero-order valence-corrected chi connectivity index (χ0v) is 12.4. The van der Waals surface area contributed by atoms with E-state index in [9.17, 15) is 4.79 Å². The van der Waals surface area contributed by atoms with Gasteiger partial charge in [-0.1, -0.05) is 11.3 Å². The molecule has 0 bridgehead atoms. The first-order chi connectivity index (χ1) is 11.2. The monoisotopic (exact) mass is 303 g/mol. The van der Waals surface area contributed by atoms with Crippen LogP contribution >= 0.6 is 0 Å². The Bertz CT molecular complexity index is 1040. The van der Waals surface area contributed by atoms with Crippen LogP contribution in [0, 0.1) is 0 Å². The number of hydrogen-bond donors (Lipinski definition) is 1. The van der Waals surface area contributed by atoms with Gasteiger partial charge in [0, 0.05) is 29.9 Å². The molecule has 6 nitrogen and oxygen atoms in total. The number of carbonyl (C=O) groups excluding carboxylic acids is 1. The minimum atomic E-state index is -0.168. The predicted octanol–water partition coefficient (Wildman–Crippen LogP) is 2.77. The van der Waals surface area contributed by atoms with Crippen LogP contribution in [0.3, 0.4) is 0 Å². The number of nitrogens with one attached hydrogen (secondary N) is 1. The minimum absolute atomic E-state index is 0.168. The Labute approximate surface area is 131 Å². The van der Waals surface area contributed by atoms with Crippen molar-refractivity contribution in [2.75, 3.05) is 5.32 Å². The molecule has 0 aliphatic carbocycles. The van der Waals surface area contributed by atoms with Crippen molar-refractivity contribution in [1.29, 1.82) is 0 Å². The second-order valence-electron chi connectivity index (χ2n) is 5.28.